The third-order valence-electron chi connectivity index (χ3n) is 7.38. The van der Waals surface area contributed by atoms with Gasteiger partial charge in [0.25, 0.3) is 0 Å². The fraction of sp³-hybridized carbons (Fsp3) is 0.679. The number of rotatable bonds is 5. The molecule has 0 radical (unpaired) electrons. The molecule has 3 rings (SSSR count). The van der Waals surface area contributed by atoms with E-state index >= 15 is 0 Å². The molecule has 2 heterocycles. The first-order valence-corrected chi connectivity index (χ1v) is 16.8. The molecule has 8 nitrogen and oxygen atoms in total. The highest BCUT2D eigenvalue weighted by atomic mass is 28.3. The fourth-order valence-electron chi connectivity index (χ4n) is 5.79. The number of likely N-dealkylation sites (tertiary alicyclic amines) is 1. The zero-order valence-electron chi connectivity index (χ0n) is 24.0. The molecule has 0 aromatic heterocycles. The van der Waals surface area contributed by atoms with Crippen molar-refractivity contribution in [2.75, 3.05) is 19.7 Å². The number of esters is 1. The summed E-state index contributed by atoms with van der Waals surface area (Å²) < 4.78 is 10.7. The van der Waals surface area contributed by atoms with Gasteiger partial charge in [-0.1, -0.05) is 24.8 Å². The number of hydrogen-bond donors (Lipinski definition) is 1. The number of carbonyl (C=O) groups is 3. The van der Waals surface area contributed by atoms with E-state index in [-0.39, 0.29) is 31.1 Å². The van der Waals surface area contributed by atoms with Crippen LogP contribution in [0.5, 0.6) is 0 Å². The zero-order valence-corrected chi connectivity index (χ0v) is 25.0. The average Bonchev–Trinajstić information content (AvgIpc) is 2.78. The number of aliphatic hydroxyl groups excluding tert-OH is 1. The third kappa shape index (κ3) is 6.20. The summed E-state index contributed by atoms with van der Waals surface area (Å²) in [5.41, 5.74) is 4.03. The normalized spacial score (nSPS) is 17.9. The van der Waals surface area contributed by atoms with E-state index in [0.717, 1.165) is 27.4 Å². The van der Waals surface area contributed by atoms with Crippen LogP contribution in [0.3, 0.4) is 0 Å². The van der Waals surface area contributed by atoms with Crippen LogP contribution >= 0.6 is 0 Å². The smallest absolute Gasteiger partial charge is 0.410 e. The van der Waals surface area contributed by atoms with Gasteiger partial charge in [0.05, 0.1) is 21.1 Å². The summed E-state index contributed by atoms with van der Waals surface area (Å²) in [4.78, 5) is 42.1. The first kappa shape index (κ1) is 29.2. The largest absolute Gasteiger partial charge is 0.464 e. The second-order valence-electron chi connectivity index (χ2n) is 12.3. The minimum Gasteiger partial charge on any atom is -0.464 e. The highest BCUT2D eigenvalue weighted by molar-refractivity contribution is 6.89. The molecule has 0 aliphatic carbocycles. The molecule has 1 fully saturated rings. The van der Waals surface area contributed by atoms with Crippen molar-refractivity contribution in [3.05, 3.63) is 27.8 Å². The van der Waals surface area contributed by atoms with Gasteiger partial charge in [-0.3, -0.25) is 4.79 Å². The molecule has 1 atom stereocenters. The Bertz CT molecular complexity index is 1060. The van der Waals surface area contributed by atoms with Crippen LogP contribution in [0.1, 0.15) is 74.5 Å². The molecule has 1 aromatic carbocycles. The van der Waals surface area contributed by atoms with Crippen LogP contribution in [0.25, 0.3) is 0 Å². The van der Waals surface area contributed by atoms with Crippen LogP contribution in [0.4, 0.5) is 4.79 Å². The third-order valence-corrected chi connectivity index (χ3v) is 9.53. The highest BCUT2D eigenvalue weighted by Gasteiger charge is 2.39. The first-order chi connectivity index (χ1) is 17.1. The monoisotopic (exact) mass is 532 g/mol. The Morgan fingerprint density at radius 2 is 1.68 bits per heavy atom. The minimum atomic E-state index is -1.99. The highest BCUT2D eigenvalue weighted by Crippen LogP contribution is 2.34. The van der Waals surface area contributed by atoms with Crippen LogP contribution in [0, 0.1) is 13.8 Å². The van der Waals surface area contributed by atoms with E-state index < -0.39 is 25.7 Å². The Hall–Kier alpha value is -2.39. The SMILES string of the molecule is CCOC(=O)[C@@H](O)c1c(C)c2c(c(C)c1[Si](C)(C)C)CN(C1CCN(C(=O)OC(C)(C)C)CC1)C(=O)C2. The lowest BCUT2D eigenvalue weighted by Gasteiger charge is -2.42. The molecule has 0 saturated carbocycles. The molecule has 2 aliphatic heterocycles. The molecule has 1 N–H and O–H groups in total. The van der Waals surface area contributed by atoms with E-state index in [1.54, 1.807) is 11.8 Å². The number of aliphatic hydroxyl groups is 1. The molecule has 0 spiro atoms. The van der Waals surface area contributed by atoms with Gasteiger partial charge in [-0.2, -0.15) is 0 Å². The first-order valence-electron chi connectivity index (χ1n) is 13.3. The summed E-state index contributed by atoms with van der Waals surface area (Å²) in [5.74, 6) is -0.604. The molecule has 1 aromatic rings. The van der Waals surface area contributed by atoms with E-state index in [1.807, 2.05) is 32.6 Å². The van der Waals surface area contributed by atoms with E-state index in [1.165, 1.54) is 0 Å². The predicted octanol–water partition coefficient (Wildman–Crippen LogP) is 3.73. The number of fused-ring (bicyclic) bond motifs is 1. The Balaban J connectivity index is 1.91. The van der Waals surface area contributed by atoms with Crippen molar-refractivity contribution in [1.82, 2.24) is 9.80 Å². The van der Waals surface area contributed by atoms with Crippen LogP contribution in [0.15, 0.2) is 0 Å². The van der Waals surface area contributed by atoms with E-state index in [0.29, 0.717) is 38.0 Å². The molecule has 37 heavy (non-hydrogen) atoms. The topological polar surface area (TPSA) is 96.4 Å². The van der Waals surface area contributed by atoms with Gasteiger partial charge in [0.15, 0.2) is 6.10 Å². The number of benzene rings is 1. The number of ether oxygens (including phenoxy) is 2. The lowest BCUT2D eigenvalue weighted by molar-refractivity contribution is -0.153. The van der Waals surface area contributed by atoms with Crippen LogP contribution in [-0.4, -0.2) is 72.3 Å². The van der Waals surface area contributed by atoms with Gasteiger partial charge in [0, 0.05) is 25.7 Å². The van der Waals surface area contributed by atoms with Crippen molar-refractivity contribution in [3.8, 4) is 0 Å². The van der Waals surface area contributed by atoms with E-state index in [4.69, 9.17) is 9.47 Å². The molecule has 2 aliphatic rings. The van der Waals surface area contributed by atoms with Crippen molar-refractivity contribution < 1.29 is 29.0 Å². The Morgan fingerprint density at radius 1 is 1.08 bits per heavy atom. The molecule has 0 unspecified atom stereocenters. The predicted molar refractivity (Wildman–Crippen MR) is 146 cm³/mol. The molecule has 1 saturated heterocycles. The number of nitrogens with zero attached hydrogens (tertiary/aromatic N) is 2. The quantitative estimate of drug-likeness (QED) is 0.459. The Morgan fingerprint density at radius 3 is 2.19 bits per heavy atom. The van der Waals surface area contributed by atoms with Crippen LogP contribution in [0.2, 0.25) is 19.6 Å². The Labute approximate surface area is 222 Å². The van der Waals surface area contributed by atoms with Crippen molar-refractivity contribution in [2.45, 2.75) is 105 Å². The number of amides is 2. The van der Waals surface area contributed by atoms with Gasteiger partial charge in [-0.15, -0.1) is 0 Å². The minimum absolute atomic E-state index is 0.0445. The van der Waals surface area contributed by atoms with E-state index in [2.05, 4.69) is 26.6 Å². The van der Waals surface area contributed by atoms with Gasteiger partial charge in [-0.25, -0.2) is 9.59 Å². The molecule has 2 amide bonds. The van der Waals surface area contributed by atoms with Gasteiger partial charge < -0.3 is 24.4 Å². The van der Waals surface area contributed by atoms with Crippen molar-refractivity contribution in [2.24, 2.45) is 0 Å². The van der Waals surface area contributed by atoms with Gasteiger partial charge in [0.1, 0.15) is 5.60 Å². The molecular formula is C28H44N2O6Si. The second-order valence-corrected chi connectivity index (χ2v) is 17.3. The maximum atomic E-state index is 13.4. The van der Waals surface area contributed by atoms with Gasteiger partial charge in [-0.05, 0) is 82.2 Å². The summed E-state index contributed by atoms with van der Waals surface area (Å²) in [5, 5.41) is 12.1. The van der Waals surface area contributed by atoms with Crippen LogP contribution < -0.4 is 5.19 Å². The van der Waals surface area contributed by atoms with E-state index in [9.17, 15) is 19.5 Å². The fourth-order valence-corrected chi connectivity index (χ4v) is 8.19. The molecular weight excluding hydrogens is 488 g/mol. The number of hydrogen-bond acceptors (Lipinski definition) is 6. The maximum absolute atomic E-state index is 13.4. The lowest BCUT2D eigenvalue weighted by atomic mass is 9.85. The van der Waals surface area contributed by atoms with Crippen molar-refractivity contribution in [1.29, 1.82) is 0 Å². The van der Waals surface area contributed by atoms with Crippen LogP contribution in [-0.2, 0) is 32.0 Å². The summed E-state index contributed by atoms with van der Waals surface area (Å²) in [6.45, 7) is 19.7. The summed E-state index contributed by atoms with van der Waals surface area (Å²) in [7, 11) is -1.99. The standard InChI is InChI=1S/C28H44N2O6Si/c1-10-35-26(33)24(32)23-17(2)20-15-22(31)30(16-21(20)18(3)25(23)37(7,8)9)19-11-13-29(14-12-19)27(34)36-28(4,5)6/h19,24,32H,10-16H2,1-9H3/t24-/m0/s1. The number of piperidine rings is 1. The molecule has 9 heteroatoms. The van der Waals surface area contributed by atoms with Gasteiger partial charge in [0.2, 0.25) is 5.91 Å². The second kappa shape index (κ2) is 10.8. The maximum Gasteiger partial charge on any atom is 0.410 e. The molecule has 206 valence electrons. The zero-order chi connectivity index (χ0) is 27.9. The number of carbonyl (C=O) groups excluding carboxylic acids is 3. The van der Waals surface area contributed by atoms with Gasteiger partial charge >= 0.3 is 12.1 Å². The summed E-state index contributed by atoms with van der Waals surface area (Å²) >= 11 is 0. The summed E-state index contributed by atoms with van der Waals surface area (Å²) in [6, 6.07) is 0.0548. The summed E-state index contributed by atoms with van der Waals surface area (Å²) in [6.07, 6.45) is -0.0169. The lowest BCUT2D eigenvalue weighted by Crippen LogP contribution is -2.52. The average molecular weight is 533 g/mol. The van der Waals surface area contributed by atoms with Crippen molar-refractivity contribution >= 4 is 31.2 Å². The molecule has 0 bridgehead atoms. The Kier molecular flexibility index (Phi) is 8.49. The van der Waals surface area contributed by atoms with Crippen molar-refractivity contribution in [3.63, 3.8) is 0 Å².